The molecule has 1 heterocycles. The minimum atomic E-state index is 0. The van der Waals surface area contributed by atoms with E-state index in [4.69, 9.17) is 4.74 Å². The smallest absolute Gasteiger partial charge is 0.193 e. The molecule has 1 N–H and O–H groups in total. The molecule has 2 unspecified atom stereocenters. The van der Waals surface area contributed by atoms with Crippen molar-refractivity contribution in [2.24, 2.45) is 16.8 Å². The van der Waals surface area contributed by atoms with Crippen molar-refractivity contribution < 1.29 is 4.74 Å². The Morgan fingerprint density at radius 1 is 1.17 bits per heavy atom. The molecule has 3 rings (SSSR count). The minimum absolute atomic E-state index is 0. The number of ether oxygens (including phenoxy) is 1. The number of para-hydroxylation sites is 1. The van der Waals surface area contributed by atoms with Crippen LogP contribution < -0.4 is 10.1 Å². The maximum atomic E-state index is 5.72. The van der Waals surface area contributed by atoms with Gasteiger partial charge in [-0.2, -0.15) is 0 Å². The summed E-state index contributed by atoms with van der Waals surface area (Å²) in [5.74, 6) is 3.72. The number of benzene rings is 1. The molecule has 2 fully saturated rings. The van der Waals surface area contributed by atoms with Crippen molar-refractivity contribution >= 4 is 29.9 Å². The van der Waals surface area contributed by atoms with Crippen molar-refractivity contribution in [3.63, 3.8) is 0 Å². The summed E-state index contributed by atoms with van der Waals surface area (Å²) in [5, 5.41) is 3.44. The quantitative estimate of drug-likeness (QED) is 0.345. The zero-order valence-corrected chi connectivity index (χ0v) is 16.2. The lowest BCUT2D eigenvalue weighted by molar-refractivity contribution is 0.299. The molecule has 0 amide bonds. The summed E-state index contributed by atoms with van der Waals surface area (Å²) in [6.07, 6.45) is 5.61. The van der Waals surface area contributed by atoms with Gasteiger partial charge >= 0.3 is 0 Å². The van der Waals surface area contributed by atoms with Gasteiger partial charge in [-0.3, -0.25) is 4.99 Å². The van der Waals surface area contributed by atoms with E-state index in [-0.39, 0.29) is 24.0 Å². The third-order valence-electron chi connectivity index (χ3n) is 4.88. The number of likely N-dealkylation sites (tertiary alicyclic amines) is 1. The minimum Gasteiger partial charge on any atom is -0.492 e. The highest BCUT2D eigenvalue weighted by Crippen LogP contribution is 2.35. The van der Waals surface area contributed by atoms with Crippen LogP contribution in [0.1, 0.15) is 25.7 Å². The summed E-state index contributed by atoms with van der Waals surface area (Å²) in [6.45, 7) is 3.78. The number of aliphatic imine (C=N–C) groups is 1. The van der Waals surface area contributed by atoms with E-state index in [1.807, 2.05) is 37.4 Å². The molecule has 23 heavy (non-hydrogen) atoms. The van der Waals surface area contributed by atoms with Gasteiger partial charge in [0.1, 0.15) is 12.4 Å². The van der Waals surface area contributed by atoms with Crippen LogP contribution in [0.15, 0.2) is 35.3 Å². The number of fused-ring (bicyclic) bond motifs is 1. The maximum Gasteiger partial charge on any atom is 0.193 e. The second-order valence-electron chi connectivity index (χ2n) is 6.35. The van der Waals surface area contributed by atoms with Crippen LogP contribution in [0.5, 0.6) is 5.75 Å². The molecule has 1 aromatic carbocycles. The molecular formula is C18H28IN3O. The summed E-state index contributed by atoms with van der Waals surface area (Å²) in [5.41, 5.74) is 0. The summed E-state index contributed by atoms with van der Waals surface area (Å²) < 4.78 is 5.72. The predicted octanol–water partition coefficient (Wildman–Crippen LogP) is 3.38. The number of nitrogens with zero attached hydrogens (tertiary/aromatic N) is 2. The highest BCUT2D eigenvalue weighted by molar-refractivity contribution is 14.0. The van der Waals surface area contributed by atoms with Crippen LogP contribution in [0.3, 0.4) is 0 Å². The van der Waals surface area contributed by atoms with Crippen LogP contribution >= 0.6 is 24.0 Å². The molecule has 1 aromatic rings. The van der Waals surface area contributed by atoms with Crippen molar-refractivity contribution in [3.05, 3.63) is 30.3 Å². The van der Waals surface area contributed by atoms with Gasteiger partial charge in [0.05, 0.1) is 6.54 Å². The molecule has 2 atom stereocenters. The van der Waals surface area contributed by atoms with Crippen LogP contribution in [0.2, 0.25) is 0 Å². The summed E-state index contributed by atoms with van der Waals surface area (Å²) in [7, 11) is 1.88. The van der Waals surface area contributed by atoms with E-state index in [1.165, 1.54) is 38.8 Å². The molecule has 0 radical (unpaired) electrons. The van der Waals surface area contributed by atoms with Gasteiger partial charge < -0.3 is 15.0 Å². The SMILES string of the molecule is CN=C(NCCOc1ccccc1)N1CC2CCCCC2C1.I. The lowest BCUT2D eigenvalue weighted by Crippen LogP contribution is -2.41. The van der Waals surface area contributed by atoms with Gasteiger partial charge in [0.15, 0.2) is 5.96 Å². The largest absolute Gasteiger partial charge is 0.492 e. The Morgan fingerprint density at radius 2 is 1.83 bits per heavy atom. The average molecular weight is 429 g/mol. The number of guanidine groups is 1. The fourth-order valence-corrected chi connectivity index (χ4v) is 3.76. The first-order valence-electron chi connectivity index (χ1n) is 8.50. The second kappa shape index (κ2) is 9.35. The molecule has 0 bridgehead atoms. The Balaban J connectivity index is 0.00000192. The summed E-state index contributed by atoms with van der Waals surface area (Å²) in [6, 6.07) is 9.96. The Morgan fingerprint density at radius 3 is 2.43 bits per heavy atom. The summed E-state index contributed by atoms with van der Waals surface area (Å²) in [4.78, 5) is 6.88. The Kier molecular flexibility index (Phi) is 7.46. The van der Waals surface area contributed by atoms with E-state index in [9.17, 15) is 0 Å². The normalized spacial score (nSPS) is 23.9. The van der Waals surface area contributed by atoms with Crippen LogP contribution in [-0.4, -0.2) is 44.1 Å². The molecular weight excluding hydrogens is 401 g/mol. The van der Waals surface area contributed by atoms with E-state index in [1.54, 1.807) is 0 Å². The molecule has 4 nitrogen and oxygen atoms in total. The zero-order valence-electron chi connectivity index (χ0n) is 13.9. The molecule has 128 valence electrons. The van der Waals surface area contributed by atoms with Gasteiger partial charge in [-0.1, -0.05) is 31.0 Å². The molecule has 1 aliphatic heterocycles. The van der Waals surface area contributed by atoms with E-state index >= 15 is 0 Å². The van der Waals surface area contributed by atoms with Crippen LogP contribution in [0.25, 0.3) is 0 Å². The second-order valence-corrected chi connectivity index (χ2v) is 6.35. The standard InChI is InChI=1S/C18H27N3O.HI/c1-19-18(20-11-12-22-17-9-3-2-4-10-17)21-13-15-7-5-6-8-16(15)14-21;/h2-4,9-10,15-16H,5-8,11-14H2,1H3,(H,19,20);1H. The molecule has 1 aliphatic carbocycles. The third kappa shape index (κ3) is 4.99. The lowest BCUT2D eigenvalue weighted by atomic mass is 9.82. The number of rotatable bonds is 4. The van der Waals surface area contributed by atoms with Crippen LogP contribution in [0.4, 0.5) is 0 Å². The number of hydrogen-bond acceptors (Lipinski definition) is 2. The zero-order chi connectivity index (χ0) is 15.2. The first-order chi connectivity index (χ1) is 10.9. The fourth-order valence-electron chi connectivity index (χ4n) is 3.76. The van der Waals surface area contributed by atoms with Gasteiger partial charge in [-0.05, 0) is 36.8 Å². The van der Waals surface area contributed by atoms with Gasteiger partial charge in [0.2, 0.25) is 0 Å². The Hall–Kier alpha value is -0.980. The van der Waals surface area contributed by atoms with E-state index in [0.29, 0.717) is 6.61 Å². The highest BCUT2D eigenvalue weighted by atomic mass is 127. The first kappa shape index (κ1) is 18.4. The third-order valence-corrected chi connectivity index (χ3v) is 4.88. The monoisotopic (exact) mass is 429 g/mol. The first-order valence-corrected chi connectivity index (χ1v) is 8.50. The van der Waals surface area contributed by atoms with Gasteiger partial charge in [0.25, 0.3) is 0 Å². The fraction of sp³-hybridized carbons (Fsp3) is 0.611. The Labute approximate surface area is 156 Å². The topological polar surface area (TPSA) is 36.9 Å². The maximum absolute atomic E-state index is 5.72. The molecule has 1 saturated carbocycles. The number of hydrogen-bond donors (Lipinski definition) is 1. The Bertz CT molecular complexity index is 480. The van der Waals surface area contributed by atoms with Crippen molar-refractivity contribution in [2.75, 3.05) is 33.3 Å². The molecule has 5 heteroatoms. The molecule has 2 aliphatic rings. The molecule has 0 spiro atoms. The van der Waals surface area contributed by atoms with E-state index in [2.05, 4.69) is 15.2 Å². The van der Waals surface area contributed by atoms with Crippen molar-refractivity contribution in [1.82, 2.24) is 10.2 Å². The van der Waals surface area contributed by atoms with Crippen LogP contribution in [0, 0.1) is 11.8 Å². The summed E-state index contributed by atoms with van der Waals surface area (Å²) >= 11 is 0. The molecule has 1 saturated heterocycles. The van der Waals surface area contributed by atoms with Crippen molar-refractivity contribution in [3.8, 4) is 5.75 Å². The van der Waals surface area contributed by atoms with Crippen molar-refractivity contribution in [2.45, 2.75) is 25.7 Å². The van der Waals surface area contributed by atoms with Gasteiger partial charge in [-0.25, -0.2) is 0 Å². The van der Waals surface area contributed by atoms with Gasteiger partial charge in [0, 0.05) is 20.1 Å². The van der Waals surface area contributed by atoms with Gasteiger partial charge in [-0.15, -0.1) is 24.0 Å². The lowest BCUT2D eigenvalue weighted by Gasteiger charge is -2.22. The van der Waals surface area contributed by atoms with E-state index in [0.717, 1.165) is 30.1 Å². The van der Waals surface area contributed by atoms with E-state index < -0.39 is 0 Å². The number of nitrogens with one attached hydrogen (secondary N) is 1. The predicted molar refractivity (Wildman–Crippen MR) is 106 cm³/mol. The van der Waals surface area contributed by atoms with Crippen LogP contribution in [-0.2, 0) is 0 Å². The van der Waals surface area contributed by atoms with Crippen molar-refractivity contribution in [1.29, 1.82) is 0 Å². The highest BCUT2D eigenvalue weighted by Gasteiger charge is 2.35. The number of halogens is 1. The molecule has 0 aromatic heterocycles. The average Bonchev–Trinajstić information content (AvgIpc) is 2.99.